The molecule has 0 unspecified atom stereocenters. The molecule has 0 fully saturated rings. The third-order valence-corrected chi connectivity index (χ3v) is 7.27. The van der Waals surface area contributed by atoms with Crippen molar-refractivity contribution in [2.75, 3.05) is 106 Å². The van der Waals surface area contributed by atoms with Gasteiger partial charge in [0.05, 0.1) is 106 Å². The second-order valence-corrected chi connectivity index (χ2v) is 11.1. The number of rotatable bonds is 30. The molecule has 0 bridgehead atoms. The number of ether oxygens (including phenoxy) is 10. The van der Waals surface area contributed by atoms with Crippen molar-refractivity contribution in [3.8, 4) is 11.5 Å². The van der Waals surface area contributed by atoms with Gasteiger partial charge in [0.25, 0.3) is 0 Å². The highest BCUT2D eigenvalue weighted by atomic mass is 16.6. The Kier molecular flexibility index (Phi) is 20.6. The van der Waals surface area contributed by atoms with Gasteiger partial charge in [0, 0.05) is 10.8 Å². The van der Waals surface area contributed by atoms with E-state index in [4.69, 9.17) is 47.4 Å². The monoisotopic (exact) mass is 692 g/mol. The first-order valence-corrected chi connectivity index (χ1v) is 17.4. The van der Waals surface area contributed by atoms with E-state index in [1.807, 2.05) is 97.1 Å². The maximum atomic E-state index is 6.03. The summed E-state index contributed by atoms with van der Waals surface area (Å²) in [4.78, 5) is 0. The Morgan fingerprint density at radius 2 is 0.560 bits per heavy atom. The maximum absolute atomic E-state index is 6.03. The standard InChI is InChI=1S/C40H52O10/c1-3-9-35(10-4-1)33-47-27-25-43-19-17-41-21-23-45-29-31-49-39-15-7-14-38-37(39)13-8-16-40(38)50-32-30-46-24-22-42-18-20-44-26-28-48-34-36-11-5-2-6-12-36/h1-16H,17-34H2. The Labute approximate surface area is 296 Å². The van der Waals surface area contributed by atoms with Crippen molar-refractivity contribution in [3.05, 3.63) is 108 Å². The van der Waals surface area contributed by atoms with E-state index in [2.05, 4.69) is 0 Å². The van der Waals surface area contributed by atoms with Crippen LogP contribution in [-0.4, -0.2) is 106 Å². The molecular weight excluding hydrogens is 640 g/mol. The maximum Gasteiger partial charge on any atom is 0.127 e. The van der Waals surface area contributed by atoms with Gasteiger partial charge < -0.3 is 47.4 Å². The van der Waals surface area contributed by atoms with Gasteiger partial charge in [-0.25, -0.2) is 0 Å². The molecule has 0 spiro atoms. The molecule has 0 aliphatic heterocycles. The predicted molar refractivity (Wildman–Crippen MR) is 192 cm³/mol. The first-order valence-electron chi connectivity index (χ1n) is 17.4. The summed E-state index contributed by atoms with van der Waals surface area (Å²) in [6.07, 6.45) is 0. The highest BCUT2D eigenvalue weighted by molar-refractivity contribution is 5.93. The highest BCUT2D eigenvalue weighted by Gasteiger charge is 2.07. The zero-order valence-corrected chi connectivity index (χ0v) is 29.0. The van der Waals surface area contributed by atoms with Gasteiger partial charge in [-0.15, -0.1) is 0 Å². The number of benzene rings is 4. The second kappa shape index (κ2) is 26.3. The summed E-state index contributed by atoms with van der Waals surface area (Å²) in [5.74, 6) is 1.57. The lowest BCUT2D eigenvalue weighted by molar-refractivity contribution is -0.00659. The molecule has 0 saturated carbocycles. The van der Waals surface area contributed by atoms with Crippen molar-refractivity contribution in [1.29, 1.82) is 0 Å². The Hall–Kier alpha value is -3.58. The molecule has 0 atom stereocenters. The fraction of sp³-hybridized carbons (Fsp3) is 0.450. The van der Waals surface area contributed by atoms with E-state index in [-0.39, 0.29) is 0 Å². The van der Waals surface area contributed by atoms with Gasteiger partial charge in [-0.3, -0.25) is 0 Å². The largest absolute Gasteiger partial charge is 0.491 e. The third-order valence-electron chi connectivity index (χ3n) is 7.27. The average molecular weight is 693 g/mol. The molecule has 0 amide bonds. The second-order valence-electron chi connectivity index (χ2n) is 11.1. The molecule has 10 nitrogen and oxygen atoms in total. The van der Waals surface area contributed by atoms with Crippen LogP contribution in [0.3, 0.4) is 0 Å². The lowest BCUT2D eigenvalue weighted by atomic mass is 10.1. The van der Waals surface area contributed by atoms with Gasteiger partial charge in [0.1, 0.15) is 24.7 Å². The summed E-state index contributed by atoms with van der Waals surface area (Å²) in [6.45, 7) is 9.24. The summed E-state index contributed by atoms with van der Waals surface area (Å²) < 4.78 is 56.8. The first-order chi connectivity index (χ1) is 24.9. The topological polar surface area (TPSA) is 92.3 Å². The first kappa shape index (κ1) is 39.2. The molecule has 50 heavy (non-hydrogen) atoms. The highest BCUT2D eigenvalue weighted by Crippen LogP contribution is 2.32. The molecule has 10 heteroatoms. The Morgan fingerprint density at radius 3 is 0.900 bits per heavy atom. The van der Waals surface area contributed by atoms with Gasteiger partial charge in [-0.1, -0.05) is 84.9 Å². The molecule has 0 radical (unpaired) electrons. The van der Waals surface area contributed by atoms with Crippen molar-refractivity contribution < 1.29 is 47.4 Å². The Balaban J connectivity index is 0.943. The molecule has 4 rings (SSSR count). The van der Waals surface area contributed by atoms with Gasteiger partial charge in [0.15, 0.2) is 0 Å². The predicted octanol–water partition coefficient (Wildman–Crippen LogP) is 6.13. The molecule has 4 aromatic rings. The third kappa shape index (κ3) is 16.9. The van der Waals surface area contributed by atoms with Crippen LogP contribution in [-0.2, 0) is 51.1 Å². The molecular formula is C40H52O10. The minimum Gasteiger partial charge on any atom is -0.491 e. The van der Waals surface area contributed by atoms with E-state index in [1.165, 1.54) is 0 Å². The quantitative estimate of drug-likeness (QED) is 0.0595. The van der Waals surface area contributed by atoms with Crippen LogP contribution in [0.25, 0.3) is 10.8 Å². The minimum absolute atomic E-state index is 0.432. The van der Waals surface area contributed by atoms with E-state index < -0.39 is 0 Å². The van der Waals surface area contributed by atoms with Gasteiger partial charge in [0.2, 0.25) is 0 Å². The van der Waals surface area contributed by atoms with E-state index in [0.717, 1.165) is 33.4 Å². The van der Waals surface area contributed by atoms with Crippen molar-refractivity contribution >= 4 is 10.8 Å². The van der Waals surface area contributed by atoms with Crippen LogP contribution in [0.2, 0.25) is 0 Å². The lowest BCUT2D eigenvalue weighted by Gasteiger charge is -2.13. The molecule has 0 heterocycles. The van der Waals surface area contributed by atoms with Crippen LogP contribution in [0.1, 0.15) is 11.1 Å². The minimum atomic E-state index is 0.432. The van der Waals surface area contributed by atoms with Crippen LogP contribution >= 0.6 is 0 Å². The summed E-state index contributed by atoms with van der Waals surface area (Å²) in [6, 6.07) is 32.1. The van der Waals surface area contributed by atoms with Gasteiger partial charge in [-0.05, 0) is 23.3 Å². The molecule has 0 aliphatic carbocycles. The van der Waals surface area contributed by atoms with E-state index >= 15 is 0 Å². The van der Waals surface area contributed by atoms with Crippen molar-refractivity contribution in [2.24, 2.45) is 0 Å². The number of fused-ring (bicyclic) bond motifs is 1. The summed E-state index contributed by atoms with van der Waals surface area (Å²) in [5.41, 5.74) is 2.31. The molecule has 0 aromatic heterocycles. The normalized spacial score (nSPS) is 11.3. The van der Waals surface area contributed by atoms with Crippen LogP contribution in [0.5, 0.6) is 11.5 Å². The van der Waals surface area contributed by atoms with Gasteiger partial charge in [-0.2, -0.15) is 0 Å². The van der Waals surface area contributed by atoms with Crippen LogP contribution in [0.15, 0.2) is 97.1 Å². The fourth-order valence-electron chi connectivity index (χ4n) is 4.77. The summed E-state index contributed by atoms with van der Waals surface area (Å²) >= 11 is 0. The molecule has 0 saturated heterocycles. The number of hydrogen-bond donors (Lipinski definition) is 0. The van der Waals surface area contributed by atoms with Gasteiger partial charge >= 0.3 is 0 Å². The SMILES string of the molecule is c1ccc(COCCOCCOCCOCCOc2cccc3c(OCCOCCOCCOCCOCc4ccccc4)cccc23)cc1. The van der Waals surface area contributed by atoms with Crippen molar-refractivity contribution in [2.45, 2.75) is 13.2 Å². The molecule has 272 valence electrons. The molecule has 0 aliphatic rings. The van der Waals surface area contributed by atoms with E-state index in [0.29, 0.717) is 119 Å². The molecule has 4 aromatic carbocycles. The van der Waals surface area contributed by atoms with E-state index in [9.17, 15) is 0 Å². The summed E-state index contributed by atoms with van der Waals surface area (Å²) in [5, 5.41) is 1.97. The fourth-order valence-corrected chi connectivity index (χ4v) is 4.77. The van der Waals surface area contributed by atoms with Crippen molar-refractivity contribution in [3.63, 3.8) is 0 Å². The average Bonchev–Trinajstić information content (AvgIpc) is 3.16. The Bertz CT molecular complexity index is 1280. The van der Waals surface area contributed by atoms with E-state index in [1.54, 1.807) is 0 Å². The zero-order chi connectivity index (χ0) is 34.6. The van der Waals surface area contributed by atoms with Crippen LogP contribution in [0, 0.1) is 0 Å². The van der Waals surface area contributed by atoms with Crippen LogP contribution < -0.4 is 9.47 Å². The smallest absolute Gasteiger partial charge is 0.127 e. The van der Waals surface area contributed by atoms with Crippen molar-refractivity contribution in [1.82, 2.24) is 0 Å². The summed E-state index contributed by atoms with van der Waals surface area (Å²) in [7, 11) is 0. The Morgan fingerprint density at radius 1 is 0.260 bits per heavy atom. The number of hydrogen-bond acceptors (Lipinski definition) is 10. The zero-order valence-electron chi connectivity index (χ0n) is 29.0. The lowest BCUT2D eigenvalue weighted by Crippen LogP contribution is -2.14. The van der Waals surface area contributed by atoms with Crippen LogP contribution in [0.4, 0.5) is 0 Å². The molecule has 0 N–H and O–H groups in total.